The van der Waals surface area contributed by atoms with Gasteiger partial charge in [-0.05, 0) is 37.5 Å². The van der Waals surface area contributed by atoms with Crippen molar-refractivity contribution in [2.75, 3.05) is 0 Å². The fourth-order valence-corrected chi connectivity index (χ4v) is 2.88. The number of hydrogen-bond acceptors (Lipinski definition) is 3. The third kappa shape index (κ3) is 3.38. The number of hydrogen-bond donors (Lipinski definition) is 1. The minimum atomic E-state index is -0.630. The Morgan fingerprint density at radius 3 is 2.83 bits per heavy atom. The largest absolute Gasteiger partial charge is 0.352 e. The van der Waals surface area contributed by atoms with Crippen molar-refractivity contribution < 1.29 is 13.6 Å². The Bertz CT molecular complexity index is 683. The second kappa shape index (κ2) is 6.44. The second-order valence-corrected chi connectivity index (χ2v) is 5.89. The predicted molar refractivity (Wildman–Crippen MR) is 79.4 cm³/mol. The van der Waals surface area contributed by atoms with Crippen LogP contribution in [0.25, 0.3) is 0 Å². The van der Waals surface area contributed by atoms with Crippen LogP contribution in [0.4, 0.5) is 8.78 Å². The van der Waals surface area contributed by atoms with Crippen molar-refractivity contribution in [2.45, 2.75) is 39.3 Å². The zero-order chi connectivity index (χ0) is 16.4. The summed E-state index contributed by atoms with van der Waals surface area (Å²) in [5, 5.41) is 10.5. The molecule has 1 amide bonds. The SMILES string of the molecule is Cc1cc(F)c(CNC(=O)C2CCc3nncn3CC2)c(F)c1. The van der Waals surface area contributed by atoms with Gasteiger partial charge in [-0.3, -0.25) is 4.79 Å². The minimum Gasteiger partial charge on any atom is -0.352 e. The molecule has 0 spiro atoms. The van der Waals surface area contributed by atoms with E-state index in [1.54, 1.807) is 13.3 Å². The number of nitrogens with one attached hydrogen (secondary N) is 1. The first kappa shape index (κ1) is 15.6. The number of aryl methyl sites for hydroxylation is 3. The Kier molecular flexibility index (Phi) is 4.36. The zero-order valence-electron chi connectivity index (χ0n) is 12.9. The Hall–Kier alpha value is -2.31. The third-order valence-electron chi connectivity index (χ3n) is 4.23. The summed E-state index contributed by atoms with van der Waals surface area (Å²) in [6, 6.07) is 2.53. The number of rotatable bonds is 3. The maximum Gasteiger partial charge on any atom is 0.223 e. The molecule has 0 saturated carbocycles. The number of carbonyl (C=O) groups is 1. The summed E-state index contributed by atoms with van der Waals surface area (Å²) < 4.78 is 29.5. The van der Waals surface area contributed by atoms with Crippen LogP contribution in [-0.4, -0.2) is 20.7 Å². The maximum absolute atomic E-state index is 13.8. The lowest BCUT2D eigenvalue weighted by atomic mass is 9.99. The van der Waals surface area contributed by atoms with Gasteiger partial charge in [0.25, 0.3) is 0 Å². The lowest BCUT2D eigenvalue weighted by Crippen LogP contribution is -2.31. The molecule has 0 bridgehead atoms. The van der Waals surface area contributed by atoms with E-state index in [0.29, 0.717) is 31.4 Å². The summed E-state index contributed by atoms with van der Waals surface area (Å²) in [5.41, 5.74) is 0.413. The molecule has 0 saturated heterocycles. The van der Waals surface area contributed by atoms with Gasteiger partial charge in [0.1, 0.15) is 23.8 Å². The highest BCUT2D eigenvalue weighted by atomic mass is 19.1. The van der Waals surface area contributed by atoms with Gasteiger partial charge in [-0.25, -0.2) is 8.78 Å². The van der Waals surface area contributed by atoms with Crippen molar-refractivity contribution in [3.63, 3.8) is 0 Å². The molecule has 1 unspecified atom stereocenters. The van der Waals surface area contributed by atoms with E-state index in [-0.39, 0.29) is 23.9 Å². The van der Waals surface area contributed by atoms with Crippen molar-refractivity contribution in [1.29, 1.82) is 0 Å². The van der Waals surface area contributed by atoms with Gasteiger partial charge in [0.05, 0.1) is 0 Å². The van der Waals surface area contributed by atoms with Crippen molar-refractivity contribution in [3.05, 3.63) is 47.0 Å². The molecule has 23 heavy (non-hydrogen) atoms. The van der Waals surface area contributed by atoms with Gasteiger partial charge in [-0.1, -0.05) is 0 Å². The first-order chi connectivity index (χ1) is 11.0. The number of halogens is 2. The molecule has 1 atom stereocenters. The van der Waals surface area contributed by atoms with Crippen molar-refractivity contribution in [2.24, 2.45) is 5.92 Å². The summed E-state index contributed by atoms with van der Waals surface area (Å²) in [6.45, 7) is 2.16. The molecule has 0 aliphatic carbocycles. The maximum atomic E-state index is 13.8. The van der Waals surface area contributed by atoms with Crippen LogP contribution in [0.3, 0.4) is 0 Å². The van der Waals surface area contributed by atoms with Crippen molar-refractivity contribution in [3.8, 4) is 0 Å². The fourth-order valence-electron chi connectivity index (χ4n) is 2.88. The molecule has 2 aromatic rings. The normalized spacial score (nSPS) is 17.4. The number of nitrogens with zero attached hydrogens (tertiary/aromatic N) is 3. The van der Waals surface area contributed by atoms with Crippen LogP contribution in [0.1, 0.15) is 29.8 Å². The second-order valence-electron chi connectivity index (χ2n) is 5.89. The summed E-state index contributed by atoms with van der Waals surface area (Å²) in [5.74, 6) is -0.753. The third-order valence-corrected chi connectivity index (χ3v) is 4.23. The molecule has 5 nitrogen and oxygen atoms in total. The first-order valence-corrected chi connectivity index (χ1v) is 7.63. The van der Waals surface area contributed by atoms with E-state index < -0.39 is 11.6 Å². The quantitative estimate of drug-likeness (QED) is 0.942. The Morgan fingerprint density at radius 1 is 1.35 bits per heavy atom. The summed E-state index contributed by atoms with van der Waals surface area (Å²) in [4.78, 5) is 12.3. The Morgan fingerprint density at radius 2 is 2.09 bits per heavy atom. The average molecular weight is 320 g/mol. The van der Waals surface area contributed by atoms with Gasteiger partial charge in [-0.2, -0.15) is 0 Å². The number of benzene rings is 1. The predicted octanol–water partition coefficient (Wildman–Crippen LogP) is 2.13. The number of aromatic nitrogens is 3. The Balaban J connectivity index is 1.61. The molecule has 2 heterocycles. The standard InChI is InChI=1S/C16H18F2N4O/c1-10-6-13(17)12(14(18)7-10)8-19-16(23)11-2-3-15-21-20-9-22(15)5-4-11/h6-7,9,11H,2-5,8H2,1H3,(H,19,23). The monoisotopic (exact) mass is 320 g/mol. The van der Waals surface area contributed by atoms with Crippen LogP contribution in [0, 0.1) is 24.5 Å². The van der Waals surface area contributed by atoms with Crippen LogP contribution in [0.15, 0.2) is 18.5 Å². The van der Waals surface area contributed by atoms with Crippen LogP contribution in [0.5, 0.6) is 0 Å². The van der Waals surface area contributed by atoms with Gasteiger partial charge in [0, 0.05) is 31.0 Å². The molecule has 3 rings (SSSR count). The zero-order valence-corrected chi connectivity index (χ0v) is 12.9. The van der Waals surface area contributed by atoms with Crippen LogP contribution in [-0.2, 0) is 24.3 Å². The van der Waals surface area contributed by atoms with Gasteiger partial charge >= 0.3 is 0 Å². The van der Waals surface area contributed by atoms with Gasteiger partial charge < -0.3 is 9.88 Å². The molecular formula is C16H18F2N4O. The highest BCUT2D eigenvalue weighted by Gasteiger charge is 2.23. The van der Waals surface area contributed by atoms with E-state index in [0.717, 1.165) is 5.82 Å². The van der Waals surface area contributed by atoms with E-state index in [9.17, 15) is 13.6 Å². The smallest absolute Gasteiger partial charge is 0.223 e. The molecule has 0 fully saturated rings. The van der Waals surface area contributed by atoms with Crippen LogP contribution in [0.2, 0.25) is 0 Å². The highest BCUT2D eigenvalue weighted by Crippen LogP contribution is 2.20. The van der Waals surface area contributed by atoms with Gasteiger partial charge in [-0.15, -0.1) is 10.2 Å². The fraction of sp³-hybridized carbons (Fsp3) is 0.438. The first-order valence-electron chi connectivity index (χ1n) is 7.63. The van der Waals surface area contributed by atoms with E-state index in [1.807, 2.05) is 4.57 Å². The molecule has 1 aliphatic rings. The highest BCUT2D eigenvalue weighted by molar-refractivity contribution is 5.78. The molecular weight excluding hydrogens is 302 g/mol. The molecule has 1 aromatic carbocycles. The topological polar surface area (TPSA) is 59.8 Å². The number of carbonyl (C=O) groups excluding carboxylic acids is 1. The lowest BCUT2D eigenvalue weighted by Gasteiger charge is -2.14. The lowest BCUT2D eigenvalue weighted by molar-refractivity contribution is -0.125. The molecule has 7 heteroatoms. The number of amides is 1. The van der Waals surface area contributed by atoms with E-state index in [1.165, 1.54) is 12.1 Å². The van der Waals surface area contributed by atoms with Gasteiger partial charge in [0.2, 0.25) is 5.91 Å². The summed E-state index contributed by atoms with van der Waals surface area (Å²) in [6.07, 6.45) is 3.65. The van der Waals surface area contributed by atoms with Crippen molar-refractivity contribution in [1.82, 2.24) is 20.1 Å². The molecule has 1 aliphatic heterocycles. The van der Waals surface area contributed by atoms with E-state index in [4.69, 9.17) is 0 Å². The Labute approximate surface area is 132 Å². The van der Waals surface area contributed by atoms with E-state index in [2.05, 4.69) is 15.5 Å². The van der Waals surface area contributed by atoms with E-state index >= 15 is 0 Å². The minimum absolute atomic E-state index is 0.102. The molecule has 0 radical (unpaired) electrons. The number of fused-ring (bicyclic) bond motifs is 1. The summed E-state index contributed by atoms with van der Waals surface area (Å²) >= 11 is 0. The molecule has 1 N–H and O–H groups in total. The average Bonchev–Trinajstić information content (AvgIpc) is 2.84. The molecule has 122 valence electrons. The molecule has 1 aromatic heterocycles. The summed E-state index contributed by atoms with van der Waals surface area (Å²) in [7, 11) is 0. The van der Waals surface area contributed by atoms with Crippen molar-refractivity contribution >= 4 is 5.91 Å². The van der Waals surface area contributed by atoms with Crippen LogP contribution < -0.4 is 5.32 Å². The van der Waals surface area contributed by atoms with Gasteiger partial charge in [0.15, 0.2) is 0 Å². The van der Waals surface area contributed by atoms with Crippen LogP contribution >= 0.6 is 0 Å².